The van der Waals surface area contributed by atoms with E-state index in [4.69, 9.17) is 21.1 Å². The van der Waals surface area contributed by atoms with E-state index in [1.54, 1.807) is 18.2 Å². The highest BCUT2D eigenvalue weighted by Crippen LogP contribution is 2.34. The van der Waals surface area contributed by atoms with Crippen LogP contribution in [-0.2, 0) is 10.0 Å². The van der Waals surface area contributed by atoms with Gasteiger partial charge in [0.15, 0.2) is 11.5 Å². The number of nitrogens with one attached hydrogen (secondary N) is 1. The zero-order valence-electron chi connectivity index (χ0n) is 15.5. The molecule has 152 valence electrons. The van der Waals surface area contributed by atoms with E-state index in [1.165, 1.54) is 23.5 Å². The van der Waals surface area contributed by atoms with Crippen LogP contribution in [0.1, 0.15) is 0 Å². The fourth-order valence-electron chi connectivity index (χ4n) is 3.11. The standard InChI is InChI=1S/C21H15ClN2O4S2/c22-14-3-7-17-20(11-14)29-21(23-17)13-1-4-15(5-2-13)24-30(25,26)16-6-8-18-19(12-16)28-10-9-27-18/h1-8,11-12,24H,9-10H2. The van der Waals surface area contributed by atoms with Crippen molar-refractivity contribution in [1.82, 2.24) is 4.98 Å². The van der Waals surface area contributed by atoms with Gasteiger partial charge in [-0.2, -0.15) is 0 Å². The van der Waals surface area contributed by atoms with Gasteiger partial charge in [0.1, 0.15) is 18.2 Å². The van der Waals surface area contributed by atoms with E-state index in [2.05, 4.69) is 9.71 Å². The highest BCUT2D eigenvalue weighted by molar-refractivity contribution is 7.92. The molecule has 0 atom stereocenters. The van der Waals surface area contributed by atoms with Gasteiger partial charge in [-0.25, -0.2) is 13.4 Å². The lowest BCUT2D eigenvalue weighted by molar-refractivity contribution is 0.171. The van der Waals surface area contributed by atoms with Gasteiger partial charge in [-0.15, -0.1) is 11.3 Å². The first kappa shape index (κ1) is 19.2. The Morgan fingerprint density at radius 2 is 1.70 bits per heavy atom. The van der Waals surface area contributed by atoms with Crippen LogP contribution < -0.4 is 14.2 Å². The Morgan fingerprint density at radius 1 is 0.933 bits per heavy atom. The molecule has 0 saturated heterocycles. The molecule has 0 saturated carbocycles. The first-order valence-electron chi connectivity index (χ1n) is 9.07. The maximum absolute atomic E-state index is 12.8. The lowest BCUT2D eigenvalue weighted by Crippen LogP contribution is -2.17. The van der Waals surface area contributed by atoms with Crippen molar-refractivity contribution >= 4 is 48.9 Å². The number of ether oxygens (including phenoxy) is 2. The molecule has 6 nitrogen and oxygen atoms in total. The Labute approximate surface area is 182 Å². The van der Waals surface area contributed by atoms with Crippen LogP contribution in [0.2, 0.25) is 5.02 Å². The summed E-state index contributed by atoms with van der Waals surface area (Å²) in [5.41, 5.74) is 2.23. The van der Waals surface area contributed by atoms with Gasteiger partial charge >= 0.3 is 0 Å². The number of hydrogen-bond donors (Lipinski definition) is 1. The normalized spacial score (nSPS) is 13.4. The van der Waals surface area contributed by atoms with Gasteiger partial charge in [-0.1, -0.05) is 11.6 Å². The Bertz CT molecular complexity index is 1350. The summed E-state index contributed by atoms with van der Waals surface area (Å²) < 4.78 is 40.0. The van der Waals surface area contributed by atoms with E-state index in [9.17, 15) is 8.42 Å². The Hall–Kier alpha value is -2.81. The molecule has 4 aromatic rings. The summed E-state index contributed by atoms with van der Waals surface area (Å²) in [6.07, 6.45) is 0. The van der Waals surface area contributed by atoms with Crippen LogP contribution in [0.3, 0.4) is 0 Å². The van der Waals surface area contributed by atoms with Crippen LogP contribution in [0.4, 0.5) is 5.69 Å². The summed E-state index contributed by atoms with van der Waals surface area (Å²) >= 11 is 7.58. The second-order valence-corrected chi connectivity index (χ2v) is 9.77. The molecule has 1 aliphatic rings. The number of benzene rings is 3. The quantitative estimate of drug-likeness (QED) is 0.455. The van der Waals surface area contributed by atoms with Gasteiger partial charge in [0.05, 0.1) is 15.1 Å². The Balaban J connectivity index is 1.38. The van der Waals surface area contributed by atoms with Crippen molar-refractivity contribution in [2.75, 3.05) is 17.9 Å². The molecule has 0 amide bonds. The molecule has 0 bridgehead atoms. The maximum Gasteiger partial charge on any atom is 0.262 e. The van der Waals surface area contributed by atoms with Crippen molar-refractivity contribution in [2.45, 2.75) is 4.90 Å². The van der Waals surface area contributed by atoms with Crippen molar-refractivity contribution in [3.05, 3.63) is 65.7 Å². The van der Waals surface area contributed by atoms with Crippen LogP contribution >= 0.6 is 22.9 Å². The van der Waals surface area contributed by atoms with Crippen LogP contribution in [0, 0.1) is 0 Å². The summed E-state index contributed by atoms with van der Waals surface area (Å²) in [5.74, 6) is 0.970. The van der Waals surface area contributed by atoms with Crippen LogP contribution in [0.25, 0.3) is 20.8 Å². The zero-order valence-corrected chi connectivity index (χ0v) is 17.9. The number of anilines is 1. The van der Waals surface area contributed by atoms with Crippen LogP contribution in [-0.4, -0.2) is 26.6 Å². The molecular weight excluding hydrogens is 444 g/mol. The Kier molecular flexibility index (Phi) is 4.77. The number of fused-ring (bicyclic) bond motifs is 2. The molecule has 3 aromatic carbocycles. The maximum atomic E-state index is 12.8. The molecule has 9 heteroatoms. The minimum Gasteiger partial charge on any atom is -0.486 e. The van der Waals surface area contributed by atoms with E-state index < -0.39 is 10.0 Å². The predicted molar refractivity (Wildman–Crippen MR) is 118 cm³/mol. The van der Waals surface area contributed by atoms with Crippen LogP contribution in [0.5, 0.6) is 11.5 Å². The van der Waals surface area contributed by atoms with E-state index in [0.29, 0.717) is 35.4 Å². The molecule has 2 heterocycles. The molecule has 1 aliphatic heterocycles. The van der Waals surface area contributed by atoms with E-state index in [0.717, 1.165) is 20.8 Å². The molecule has 0 radical (unpaired) electrons. The number of hydrogen-bond acceptors (Lipinski definition) is 6. The molecule has 30 heavy (non-hydrogen) atoms. The number of rotatable bonds is 4. The van der Waals surface area contributed by atoms with Crippen molar-refractivity contribution in [3.8, 4) is 22.1 Å². The average Bonchev–Trinajstić information content (AvgIpc) is 3.17. The van der Waals surface area contributed by atoms with Gasteiger partial charge in [-0.05, 0) is 54.6 Å². The molecular formula is C21H15ClN2O4S2. The number of nitrogens with zero attached hydrogens (tertiary/aromatic N) is 1. The number of sulfonamides is 1. The van der Waals surface area contributed by atoms with Crippen molar-refractivity contribution in [3.63, 3.8) is 0 Å². The number of aromatic nitrogens is 1. The third-order valence-electron chi connectivity index (χ3n) is 4.56. The molecule has 1 N–H and O–H groups in total. The van der Waals surface area contributed by atoms with E-state index >= 15 is 0 Å². The predicted octanol–water partition coefficient (Wildman–Crippen LogP) is 5.19. The summed E-state index contributed by atoms with van der Waals surface area (Å²) in [6, 6.07) is 17.2. The lowest BCUT2D eigenvalue weighted by Gasteiger charge is -2.19. The molecule has 0 unspecified atom stereocenters. The first-order valence-corrected chi connectivity index (χ1v) is 11.7. The molecule has 0 spiro atoms. The smallest absolute Gasteiger partial charge is 0.262 e. The molecule has 5 rings (SSSR count). The van der Waals surface area contributed by atoms with Crippen molar-refractivity contribution < 1.29 is 17.9 Å². The topological polar surface area (TPSA) is 77.5 Å². The summed E-state index contributed by atoms with van der Waals surface area (Å²) in [7, 11) is -3.76. The van der Waals surface area contributed by atoms with Gasteiger partial charge < -0.3 is 9.47 Å². The van der Waals surface area contributed by atoms with Gasteiger partial charge in [0, 0.05) is 22.3 Å². The zero-order chi connectivity index (χ0) is 20.7. The molecule has 1 aromatic heterocycles. The number of halogens is 1. The SMILES string of the molecule is O=S(=O)(Nc1ccc(-c2nc3ccc(Cl)cc3s2)cc1)c1ccc2c(c1)OCCO2. The third-order valence-corrected chi connectivity index (χ3v) is 7.24. The molecule has 0 fully saturated rings. The van der Waals surface area contributed by atoms with E-state index in [-0.39, 0.29) is 4.90 Å². The minimum atomic E-state index is -3.76. The fraction of sp³-hybridized carbons (Fsp3) is 0.0952. The first-order chi connectivity index (χ1) is 14.5. The van der Waals surface area contributed by atoms with Gasteiger partial charge in [-0.3, -0.25) is 4.72 Å². The third kappa shape index (κ3) is 3.69. The van der Waals surface area contributed by atoms with Gasteiger partial charge in [0.2, 0.25) is 0 Å². The largest absolute Gasteiger partial charge is 0.486 e. The van der Waals surface area contributed by atoms with Crippen molar-refractivity contribution in [2.24, 2.45) is 0 Å². The summed E-state index contributed by atoms with van der Waals surface area (Å²) in [5, 5.41) is 1.51. The molecule has 0 aliphatic carbocycles. The van der Waals surface area contributed by atoms with E-state index in [1.807, 2.05) is 30.3 Å². The number of thiazole rings is 1. The van der Waals surface area contributed by atoms with Gasteiger partial charge in [0.25, 0.3) is 10.0 Å². The summed E-state index contributed by atoms with van der Waals surface area (Å²) in [6.45, 7) is 0.842. The highest BCUT2D eigenvalue weighted by atomic mass is 35.5. The minimum absolute atomic E-state index is 0.110. The average molecular weight is 459 g/mol. The fourth-order valence-corrected chi connectivity index (χ4v) is 5.43. The monoisotopic (exact) mass is 458 g/mol. The highest BCUT2D eigenvalue weighted by Gasteiger charge is 2.19. The second kappa shape index (κ2) is 7.46. The summed E-state index contributed by atoms with van der Waals surface area (Å²) in [4.78, 5) is 4.72. The van der Waals surface area contributed by atoms with Crippen LogP contribution in [0.15, 0.2) is 65.6 Å². The van der Waals surface area contributed by atoms with Crippen molar-refractivity contribution in [1.29, 1.82) is 0 Å². The Morgan fingerprint density at radius 3 is 2.50 bits per heavy atom. The lowest BCUT2D eigenvalue weighted by atomic mass is 10.2. The second-order valence-electron chi connectivity index (χ2n) is 6.62.